The van der Waals surface area contributed by atoms with Crippen LogP contribution in [0.3, 0.4) is 0 Å². The summed E-state index contributed by atoms with van der Waals surface area (Å²) >= 11 is 6.38. The molecule has 1 aromatic carbocycles. The Morgan fingerprint density at radius 3 is 2.27 bits per heavy atom. The fourth-order valence-electron chi connectivity index (χ4n) is 2.14. The molecular formula is C14H10ClF7N2OS. The molecule has 3 nitrogen and oxygen atoms in total. The summed E-state index contributed by atoms with van der Waals surface area (Å²) < 4.78 is 91.0. The first-order chi connectivity index (χ1) is 11.8. The van der Waals surface area contributed by atoms with Crippen molar-refractivity contribution in [1.29, 1.82) is 0 Å². The molecule has 0 spiro atoms. The van der Waals surface area contributed by atoms with Crippen molar-refractivity contribution in [3.05, 3.63) is 29.0 Å². The van der Waals surface area contributed by atoms with Crippen LogP contribution in [-0.2, 0) is 4.79 Å². The van der Waals surface area contributed by atoms with Crippen molar-refractivity contribution in [2.45, 2.75) is 24.5 Å². The molecule has 0 N–H and O–H groups in total. The summed E-state index contributed by atoms with van der Waals surface area (Å²) in [4.78, 5) is 16.3. The number of aliphatic imine (C=N–C) groups is 1. The van der Waals surface area contributed by atoms with E-state index in [4.69, 9.17) is 11.6 Å². The van der Waals surface area contributed by atoms with Crippen LogP contribution in [-0.4, -0.2) is 35.2 Å². The zero-order valence-electron chi connectivity index (χ0n) is 12.8. The lowest BCUT2D eigenvalue weighted by atomic mass is 10.1. The van der Waals surface area contributed by atoms with Gasteiger partial charge in [0.15, 0.2) is 5.17 Å². The average molecular weight is 423 g/mol. The van der Waals surface area contributed by atoms with Crippen LogP contribution < -0.4 is 4.90 Å². The van der Waals surface area contributed by atoms with Gasteiger partial charge in [0.1, 0.15) is 5.82 Å². The topological polar surface area (TPSA) is 32.7 Å². The molecule has 1 atom stereocenters. The minimum absolute atomic E-state index is 0.0986. The van der Waals surface area contributed by atoms with E-state index in [-0.39, 0.29) is 21.9 Å². The third kappa shape index (κ3) is 4.43. The highest BCUT2D eigenvalue weighted by molar-refractivity contribution is 8.15. The predicted octanol–water partition coefficient (Wildman–Crippen LogP) is 5.04. The van der Waals surface area contributed by atoms with Crippen LogP contribution in [0.2, 0.25) is 5.02 Å². The Morgan fingerprint density at radius 1 is 1.27 bits per heavy atom. The lowest BCUT2D eigenvalue weighted by Crippen LogP contribution is -2.51. The SMILES string of the molecule is CC1CN=C(N(C(=O)C(C(F)(F)F)C(F)(F)F)c2ccc(F)c(Cl)c2)S1. The van der Waals surface area contributed by atoms with E-state index in [1.54, 1.807) is 6.92 Å². The van der Waals surface area contributed by atoms with Gasteiger partial charge < -0.3 is 0 Å². The van der Waals surface area contributed by atoms with E-state index in [9.17, 15) is 35.5 Å². The summed E-state index contributed by atoms with van der Waals surface area (Å²) in [6, 6.07) is 2.36. The molecule has 1 unspecified atom stereocenters. The molecule has 12 heteroatoms. The van der Waals surface area contributed by atoms with Gasteiger partial charge in [-0.1, -0.05) is 30.3 Å². The number of thioether (sulfide) groups is 1. The average Bonchev–Trinajstić information content (AvgIpc) is 2.86. The molecule has 1 amide bonds. The predicted molar refractivity (Wildman–Crippen MR) is 83.9 cm³/mol. The number of carbonyl (C=O) groups excluding carboxylic acids is 1. The number of benzene rings is 1. The lowest BCUT2D eigenvalue weighted by molar-refractivity contribution is -0.273. The van der Waals surface area contributed by atoms with E-state index in [2.05, 4.69) is 4.99 Å². The summed E-state index contributed by atoms with van der Waals surface area (Å²) in [7, 11) is 0. The largest absolute Gasteiger partial charge is 0.409 e. The van der Waals surface area contributed by atoms with Gasteiger partial charge in [-0.05, 0) is 18.2 Å². The molecule has 0 radical (unpaired) electrons. The van der Waals surface area contributed by atoms with Crippen LogP contribution >= 0.6 is 23.4 Å². The summed E-state index contributed by atoms with van der Waals surface area (Å²) in [6.45, 7) is 1.73. The zero-order chi connectivity index (χ0) is 19.9. The maximum absolute atomic E-state index is 13.3. The molecule has 26 heavy (non-hydrogen) atoms. The highest BCUT2D eigenvalue weighted by Gasteiger charge is 2.62. The van der Waals surface area contributed by atoms with Gasteiger partial charge in [0, 0.05) is 5.25 Å². The van der Waals surface area contributed by atoms with Crippen LogP contribution in [0.25, 0.3) is 0 Å². The van der Waals surface area contributed by atoms with Crippen molar-refractivity contribution in [3.63, 3.8) is 0 Å². The second-order valence-electron chi connectivity index (χ2n) is 5.34. The van der Waals surface area contributed by atoms with Gasteiger partial charge in [-0.3, -0.25) is 14.7 Å². The first kappa shape index (κ1) is 20.8. The third-order valence-electron chi connectivity index (χ3n) is 3.26. The van der Waals surface area contributed by atoms with Crippen LogP contribution in [0.4, 0.5) is 36.4 Å². The maximum atomic E-state index is 13.3. The first-order valence-corrected chi connectivity index (χ1v) is 8.21. The molecule has 1 aliphatic rings. The number of nitrogens with zero attached hydrogens (tertiary/aromatic N) is 2. The Bertz CT molecular complexity index is 721. The number of hydrogen-bond donors (Lipinski definition) is 0. The number of amides is 1. The Labute approximate surface area is 152 Å². The highest BCUT2D eigenvalue weighted by atomic mass is 35.5. The van der Waals surface area contributed by atoms with Gasteiger partial charge in [-0.25, -0.2) is 4.39 Å². The third-order valence-corrected chi connectivity index (χ3v) is 4.63. The molecule has 0 bridgehead atoms. The summed E-state index contributed by atoms with van der Waals surface area (Å²) in [6.07, 6.45) is -11.7. The van der Waals surface area contributed by atoms with Crippen molar-refractivity contribution in [3.8, 4) is 0 Å². The van der Waals surface area contributed by atoms with Crippen molar-refractivity contribution in [2.24, 2.45) is 10.9 Å². The molecule has 0 saturated heterocycles. The minimum Gasteiger partial charge on any atom is -0.273 e. The number of anilines is 1. The fraction of sp³-hybridized carbons (Fsp3) is 0.429. The normalized spacial score (nSPS) is 18.2. The number of amidine groups is 1. The number of halogens is 8. The van der Waals surface area contributed by atoms with Gasteiger partial charge in [0.05, 0.1) is 17.3 Å². The van der Waals surface area contributed by atoms with Gasteiger partial charge in [-0.15, -0.1) is 0 Å². The van der Waals surface area contributed by atoms with Gasteiger partial charge in [-0.2, -0.15) is 26.3 Å². The molecule has 1 aliphatic heterocycles. The Hall–Kier alpha value is -1.49. The van der Waals surface area contributed by atoms with Crippen molar-refractivity contribution >= 4 is 40.1 Å². The molecule has 1 heterocycles. The zero-order valence-corrected chi connectivity index (χ0v) is 14.4. The standard InChI is InChI=1S/C14H10ClF7N2OS/c1-6-5-23-12(26-6)24(7-2-3-9(16)8(15)4-7)11(25)10(13(17,18)19)14(20,21)22/h2-4,6,10H,5H2,1H3. The Balaban J connectivity index is 2.56. The molecule has 0 fully saturated rings. The number of rotatable bonds is 2. The molecule has 1 aromatic rings. The number of carbonyl (C=O) groups is 1. The second kappa shape index (κ2) is 7.26. The van der Waals surface area contributed by atoms with Crippen LogP contribution in [0.15, 0.2) is 23.2 Å². The Kier molecular flexibility index (Phi) is 5.81. The van der Waals surface area contributed by atoms with Crippen molar-refractivity contribution < 1.29 is 35.5 Å². The monoisotopic (exact) mass is 422 g/mol. The van der Waals surface area contributed by atoms with E-state index in [1.165, 1.54) is 0 Å². The lowest BCUT2D eigenvalue weighted by Gasteiger charge is -2.29. The van der Waals surface area contributed by atoms with Crippen LogP contribution in [0.5, 0.6) is 0 Å². The smallest absolute Gasteiger partial charge is 0.273 e. The van der Waals surface area contributed by atoms with Gasteiger partial charge in [0.2, 0.25) is 5.92 Å². The number of alkyl halides is 6. The van der Waals surface area contributed by atoms with E-state index in [0.29, 0.717) is 0 Å². The minimum atomic E-state index is -5.87. The van der Waals surface area contributed by atoms with Crippen molar-refractivity contribution in [1.82, 2.24) is 0 Å². The van der Waals surface area contributed by atoms with E-state index >= 15 is 0 Å². The van der Waals surface area contributed by atoms with Crippen LogP contribution in [0, 0.1) is 11.7 Å². The summed E-state index contributed by atoms with van der Waals surface area (Å²) in [5.41, 5.74) is -0.444. The highest BCUT2D eigenvalue weighted by Crippen LogP contribution is 2.42. The van der Waals surface area contributed by atoms with E-state index in [1.807, 2.05) is 0 Å². The maximum Gasteiger partial charge on any atom is 0.409 e. The first-order valence-electron chi connectivity index (χ1n) is 6.96. The van der Waals surface area contributed by atoms with Crippen LogP contribution in [0.1, 0.15) is 6.92 Å². The molecule has 144 valence electrons. The summed E-state index contributed by atoms with van der Waals surface area (Å²) in [5, 5.41) is -1.16. The quantitative estimate of drug-likeness (QED) is 0.625. The molecule has 0 aromatic heterocycles. The van der Waals surface area contributed by atoms with E-state index < -0.39 is 40.7 Å². The molecule has 0 aliphatic carbocycles. The van der Waals surface area contributed by atoms with Crippen molar-refractivity contribution in [2.75, 3.05) is 11.4 Å². The van der Waals surface area contributed by atoms with Gasteiger partial charge >= 0.3 is 12.4 Å². The summed E-state index contributed by atoms with van der Waals surface area (Å²) in [5.74, 6) is -7.48. The number of hydrogen-bond acceptors (Lipinski definition) is 3. The molecule has 2 rings (SSSR count). The molecular weight excluding hydrogens is 413 g/mol. The fourth-order valence-corrected chi connectivity index (χ4v) is 3.27. The molecule has 0 saturated carbocycles. The van der Waals surface area contributed by atoms with E-state index in [0.717, 1.165) is 30.0 Å². The second-order valence-corrected chi connectivity index (χ2v) is 7.15. The Morgan fingerprint density at radius 2 is 1.85 bits per heavy atom. The van der Waals surface area contributed by atoms with Gasteiger partial charge in [0.25, 0.3) is 5.91 Å².